The third-order valence-corrected chi connectivity index (χ3v) is 4.94. The first-order chi connectivity index (χ1) is 11.8. The van der Waals surface area contributed by atoms with Gasteiger partial charge in [-0.15, -0.1) is 11.3 Å². The third kappa shape index (κ3) is 3.34. The molecule has 0 bridgehead atoms. The summed E-state index contributed by atoms with van der Waals surface area (Å²) in [6, 6.07) is 9.79. The summed E-state index contributed by atoms with van der Waals surface area (Å²) in [4.78, 5) is 16.4. The predicted octanol–water partition coefficient (Wildman–Crippen LogP) is 4.45. The van der Waals surface area contributed by atoms with Crippen molar-refractivity contribution in [1.82, 2.24) is 4.98 Å². The highest BCUT2D eigenvalue weighted by atomic mass is 32.1. The van der Waals surface area contributed by atoms with E-state index in [2.05, 4.69) is 10.3 Å². The number of ether oxygens (including phenoxy) is 1. The van der Waals surface area contributed by atoms with Crippen LogP contribution in [0.15, 0.2) is 40.1 Å². The number of furan rings is 1. The van der Waals surface area contributed by atoms with Gasteiger partial charge in [0.25, 0.3) is 5.91 Å². The Morgan fingerprint density at radius 1 is 1.33 bits per heavy atom. The fraction of sp³-hybridized carbons (Fsp3) is 0.333. The van der Waals surface area contributed by atoms with Gasteiger partial charge in [0, 0.05) is 10.8 Å². The molecule has 1 aromatic carbocycles. The van der Waals surface area contributed by atoms with Gasteiger partial charge in [-0.25, -0.2) is 4.98 Å². The molecule has 0 aliphatic heterocycles. The molecule has 0 atom stereocenters. The average Bonchev–Trinajstić information content (AvgIpc) is 3.32. The van der Waals surface area contributed by atoms with Crippen molar-refractivity contribution < 1.29 is 13.9 Å². The minimum atomic E-state index is -0.160. The van der Waals surface area contributed by atoms with E-state index in [1.807, 2.05) is 35.7 Å². The number of hydrogen-bond acceptors (Lipinski definition) is 5. The number of amides is 1. The Morgan fingerprint density at radius 3 is 3.00 bits per heavy atom. The fourth-order valence-corrected chi connectivity index (χ4v) is 3.67. The van der Waals surface area contributed by atoms with Gasteiger partial charge in [-0.05, 0) is 25.0 Å². The summed E-state index contributed by atoms with van der Waals surface area (Å²) in [5.74, 6) is 0.544. The SMILES string of the molecule is O=C(COC1CCCC1)Nc1nc(-c2cc3ccccc3o2)cs1. The van der Waals surface area contributed by atoms with Crippen molar-refractivity contribution in [2.75, 3.05) is 11.9 Å². The lowest BCUT2D eigenvalue weighted by Crippen LogP contribution is -2.21. The minimum absolute atomic E-state index is 0.0875. The van der Waals surface area contributed by atoms with Crippen molar-refractivity contribution in [2.24, 2.45) is 0 Å². The monoisotopic (exact) mass is 342 g/mol. The van der Waals surface area contributed by atoms with Gasteiger partial charge in [0.05, 0.1) is 6.10 Å². The molecule has 124 valence electrons. The van der Waals surface area contributed by atoms with Crippen molar-refractivity contribution in [3.8, 4) is 11.5 Å². The first kappa shape index (κ1) is 15.4. The van der Waals surface area contributed by atoms with Crippen LogP contribution >= 0.6 is 11.3 Å². The second-order valence-corrected chi connectivity index (χ2v) is 6.81. The van der Waals surface area contributed by atoms with Crippen molar-refractivity contribution in [2.45, 2.75) is 31.8 Å². The molecule has 1 N–H and O–H groups in total. The number of nitrogens with zero attached hydrogens (tertiary/aromatic N) is 1. The van der Waals surface area contributed by atoms with Crippen LogP contribution in [0.4, 0.5) is 5.13 Å². The second kappa shape index (κ2) is 6.75. The van der Waals surface area contributed by atoms with Crippen LogP contribution in [-0.2, 0) is 9.53 Å². The predicted molar refractivity (Wildman–Crippen MR) is 94.2 cm³/mol. The summed E-state index contributed by atoms with van der Waals surface area (Å²) in [7, 11) is 0. The number of benzene rings is 1. The minimum Gasteiger partial charge on any atom is -0.454 e. The number of hydrogen-bond donors (Lipinski definition) is 1. The normalized spacial score (nSPS) is 15.2. The zero-order chi connectivity index (χ0) is 16.4. The van der Waals surface area contributed by atoms with Gasteiger partial charge in [-0.1, -0.05) is 31.0 Å². The fourth-order valence-electron chi connectivity index (χ4n) is 2.96. The Morgan fingerprint density at radius 2 is 2.17 bits per heavy atom. The summed E-state index contributed by atoms with van der Waals surface area (Å²) >= 11 is 1.38. The Balaban J connectivity index is 1.39. The Hall–Kier alpha value is -2.18. The first-order valence-corrected chi connectivity index (χ1v) is 9.02. The Kier molecular flexibility index (Phi) is 4.32. The number of fused-ring (bicyclic) bond motifs is 1. The van der Waals surface area contributed by atoms with Crippen LogP contribution in [0.5, 0.6) is 0 Å². The van der Waals surface area contributed by atoms with Crippen LogP contribution in [0.1, 0.15) is 25.7 Å². The summed E-state index contributed by atoms with van der Waals surface area (Å²) in [6.45, 7) is 0.0875. The van der Waals surface area contributed by atoms with Gasteiger partial charge in [-0.2, -0.15) is 0 Å². The van der Waals surface area contributed by atoms with E-state index < -0.39 is 0 Å². The maximum atomic E-state index is 12.0. The first-order valence-electron chi connectivity index (χ1n) is 8.14. The third-order valence-electron chi connectivity index (χ3n) is 4.18. The quantitative estimate of drug-likeness (QED) is 0.744. The van der Waals surface area contributed by atoms with Crippen LogP contribution in [0.2, 0.25) is 0 Å². The molecule has 1 amide bonds. The Bertz CT molecular complexity index is 816. The molecule has 0 radical (unpaired) electrons. The largest absolute Gasteiger partial charge is 0.454 e. The maximum absolute atomic E-state index is 12.0. The van der Waals surface area contributed by atoms with Crippen LogP contribution in [0.25, 0.3) is 22.4 Å². The number of anilines is 1. The molecular formula is C18H18N2O3S. The molecule has 6 heteroatoms. The number of rotatable bonds is 5. The van der Waals surface area contributed by atoms with Crippen molar-refractivity contribution in [1.29, 1.82) is 0 Å². The molecule has 5 nitrogen and oxygen atoms in total. The van der Waals surface area contributed by atoms with Crippen molar-refractivity contribution >= 4 is 33.3 Å². The molecule has 24 heavy (non-hydrogen) atoms. The number of para-hydroxylation sites is 1. The molecule has 3 aromatic rings. The van der Waals surface area contributed by atoms with E-state index in [0.29, 0.717) is 10.9 Å². The molecule has 1 saturated carbocycles. The number of carbonyl (C=O) groups excluding carboxylic acids is 1. The van der Waals surface area contributed by atoms with Gasteiger partial charge < -0.3 is 9.15 Å². The van der Waals surface area contributed by atoms with Crippen LogP contribution < -0.4 is 5.32 Å². The summed E-state index contributed by atoms with van der Waals surface area (Å²) in [5.41, 5.74) is 1.55. The lowest BCUT2D eigenvalue weighted by Gasteiger charge is -2.09. The molecule has 0 saturated heterocycles. The molecule has 4 rings (SSSR count). The van der Waals surface area contributed by atoms with E-state index in [1.54, 1.807) is 0 Å². The molecule has 0 spiro atoms. The number of thiazole rings is 1. The van der Waals surface area contributed by atoms with E-state index >= 15 is 0 Å². The van der Waals surface area contributed by atoms with Crippen LogP contribution in [0.3, 0.4) is 0 Å². The second-order valence-electron chi connectivity index (χ2n) is 5.95. The van der Waals surface area contributed by atoms with E-state index in [-0.39, 0.29) is 18.6 Å². The van der Waals surface area contributed by atoms with Crippen LogP contribution in [-0.4, -0.2) is 23.6 Å². The van der Waals surface area contributed by atoms with Crippen molar-refractivity contribution in [3.05, 3.63) is 35.7 Å². The van der Waals surface area contributed by atoms with Gasteiger partial charge in [0.2, 0.25) is 0 Å². The highest BCUT2D eigenvalue weighted by molar-refractivity contribution is 7.14. The number of carbonyl (C=O) groups is 1. The highest BCUT2D eigenvalue weighted by Crippen LogP contribution is 2.30. The molecule has 0 unspecified atom stereocenters. The van der Waals surface area contributed by atoms with E-state index in [4.69, 9.17) is 9.15 Å². The Labute approximate surface area is 143 Å². The summed E-state index contributed by atoms with van der Waals surface area (Å²) < 4.78 is 11.4. The average molecular weight is 342 g/mol. The van der Waals surface area contributed by atoms with E-state index in [1.165, 1.54) is 24.2 Å². The summed E-state index contributed by atoms with van der Waals surface area (Å²) in [5, 5.41) is 6.27. The zero-order valence-electron chi connectivity index (χ0n) is 13.2. The number of nitrogens with one attached hydrogen (secondary N) is 1. The molecule has 1 aliphatic rings. The maximum Gasteiger partial charge on any atom is 0.252 e. The smallest absolute Gasteiger partial charge is 0.252 e. The zero-order valence-corrected chi connectivity index (χ0v) is 14.0. The molecular weight excluding hydrogens is 324 g/mol. The van der Waals surface area contributed by atoms with Crippen molar-refractivity contribution in [3.63, 3.8) is 0 Å². The van der Waals surface area contributed by atoms with Gasteiger partial charge >= 0.3 is 0 Å². The standard InChI is InChI=1S/C18H18N2O3S/c21-17(10-22-13-6-2-3-7-13)20-18-19-14(11-24-18)16-9-12-5-1-4-8-15(12)23-16/h1,4-5,8-9,11,13H,2-3,6-7,10H2,(H,19,20,21). The van der Waals surface area contributed by atoms with Gasteiger partial charge in [0.15, 0.2) is 10.9 Å². The van der Waals surface area contributed by atoms with E-state index in [0.717, 1.165) is 29.5 Å². The summed E-state index contributed by atoms with van der Waals surface area (Å²) in [6.07, 6.45) is 4.74. The molecule has 1 aliphatic carbocycles. The molecule has 1 fully saturated rings. The van der Waals surface area contributed by atoms with Gasteiger partial charge in [-0.3, -0.25) is 10.1 Å². The lowest BCUT2D eigenvalue weighted by atomic mass is 10.2. The lowest BCUT2D eigenvalue weighted by molar-refractivity contribution is -0.122. The molecule has 2 heterocycles. The van der Waals surface area contributed by atoms with Gasteiger partial charge in [0.1, 0.15) is 17.9 Å². The molecule has 2 aromatic heterocycles. The van der Waals surface area contributed by atoms with E-state index in [9.17, 15) is 4.79 Å². The topological polar surface area (TPSA) is 64.4 Å². The number of aromatic nitrogens is 1. The highest BCUT2D eigenvalue weighted by Gasteiger charge is 2.17. The van der Waals surface area contributed by atoms with Crippen LogP contribution in [0, 0.1) is 0 Å².